The maximum Gasteiger partial charge on any atom is 0.169 e. The predicted molar refractivity (Wildman–Crippen MR) is 75.3 cm³/mol. The number of nitrogens with one attached hydrogen (secondary N) is 1. The van der Waals surface area contributed by atoms with E-state index in [1.54, 1.807) is 0 Å². The fourth-order valence-corrected chi connectivity index (χ4v) is 2.73. The van der Waals surface area contributed by atoms with Crippen LogP contribution in [-0.2, 0) is 0 Å². The molecular formula is C13H19ClFN3. The quantitative estimate of drug-likeness (QED) is 0.720. The Morgan fingerprint density at radius 1 is 1.39 bits per heavy atom. The van der Waals surface area contributed by atoms with Crippen LogP contribution in [0.4, 0.5) is 21.5 Å². The van der Waals surface area contributed by atoms with Crippen molar-refractivity contribution in [1.29, 1.82) is 0 Å². The highest BCUT2D eigenvalue weighted by atomic mass is 35.5. The summed E-state index contributed by atoms with van der Waals surface area (Å²) >= 11 is 5.82. The van der Waals surface area contributed by atoms with Crippen LogP contribution in [-0.4, -0.2) is 6.04 Å². The molecule has 18 heavy (non-hydrogen) atoms. The van der Waals surface area contributed by atoms with E-state index in [1.807, 2.05) is 0 Å². The van der Waals surface area contributed by atoms with Crippen LogP contribution >= 0.6 is 11.6 Å². The molecule has 1 aliphatic carbocycles. The standard InChI is InChI=1S/C13H19ClFN3/c1-13(2)5-3-4-9(13)18-12-8(17)6-7(16)10(14)11(12)15/h6,9,18H,3-5,16-17H2,1-2H3. The number of nitrogen functional groups attached to an aromatic ring is 2. The van der Waals surface area contributed by atoms with Gasteiger partial charge in [0.25, 0.3) is 0 Å². The Morgan fingerprint density at radius 2 is 2.06 bits per heavy atom. The second-order valence-corrected chi connectivity index (χ2v) is 6.01. The van der Waals surface area contributed by atoms with Crippen molar-refractivity contribution in [2.24, 2.45) is 5.41 Å². The maximum atomic E-state index is 14.1. The summed E-state index contributed by atoms with van der Waals surface area (Å²) in [5.41, 5.74) is 12.3. The van der Waals surface area contributed by atoms with Gasteiger partial charge in [-0.15, -0.1) is 0 Å². The Bertz CT molecular complexity index is 474. The molecule has 0 aromatic heterocycles. The molecule has 1 unspecified atom stereocenters. The third kappa shape index (κ3) is 2.21. The molecule has 1 fully saturated rings. The van der Waals surface area contributed by atoms with Crippen LogP contribution < -0.4 is 16.8 Å². The van der Waals surface area contributed by atoms with Gasteiger partial charge in [0.05, 0.1) is 17.1 Å². The maximum absolute atomic E-state index is 14.1. The predicted octanol–water partition coefficient (Wildman–Crippen LogP) is 3.63. The third-order valence-electron chi connectivity index (χ3n) is 3.84. The molecule has 5 heteroatoms. The van der Waals surface area contributed by atoms with E-state index in [2.05, 4.69) is 19.2 Å². The van der Waals surface area contributed by atoms with Gasteiger partial charge < -0.3 is 16.8 Å². The number of anilines is 3. The molecule has 3 nitrogen and oxygen atoms in total. The fourth-order valence-electron chi connectivity index (χ4n) is 2.58. The van der Waals surface area contributed by atoms with Crippen molar-refractivity contribution in [3.8, 4) is 0 Å². The molecule has 0 heterocycles. The Hall–Kier alpha value is -1.16. The minimum atomic E-state index is -0.558. The minimum Gasteiger partial charge on any atom is -0.397 e. The Labute approximate surface area is 112 Å². The number of hydrogen-bond acceptors (Lipinski definition) is 3. The summed E-state index contributed by atoms with van der Waals surface area (Å²) in [7, 11) is 0. The molecule has 1 saturated carbocycles. The first kappa shape index (κ1) is 13.3. The molecule has 100 valence electrons. The lowest BCUT2D eigenvalue weighted by atomic mass is 9.87. The number of benzene rings is 1. The van der Waals surface area contributed by atoms with Gasteiger partial charge in [0.1, 0.15) is 5.02 Å². The van der Waals surface area contributed by atoms with Gasteiger partial charge in [-0.1, -0.05) is 31.9 Å². The fraction of sp³-hybridized carbons (Fsp3) is 0.538. The summed E-state index contributed by atoms with van der Waals surface area (Å²) < 4.78 is 14.1. The van der Waals surface area contributed by atoms with Crippen molar-refractivity contribution >= 4 is 28.7 Å². The van der Waals surface area contributed by atoms with Gasteiger partial charge in [-0.05, 0) is 24.3 Å². The summed E-state index contributed by atoms with van der Waals surface area (Å²) in [6, 6.07) is 1.70. The highest BCUT2D eigenvalue weighted by Gasteiger charge is 2.35. The molecule has 0 spiro atoms. The molecule has 1 aromatic rings. The molecule has 5 N–H and O–H groups in total. The molecule has 0 aliphatic heterocycles. The zero-order valence-electron chi connectivity index (χ0n) is 10.7. The molecule has 0 radical (unpaired) electrons. The Kier molecular flexibility index (Phi) is 3.32. The van der Waals surface area contributed by atoms with Gasteiger partial charge in [-0.25, -0.2) is 4.39 Å². The molecule has 1 atom stereocenters. The lowest BCUT2D eigenvalue weighted by molar-refractivity contribution is 0.349. The van der Waals surface area contributed by atoms with E-state index < -0.39 is 5.82 Å². The van der Waals surface area contributed by atoms with E-state index in [0.717, 1.165) is 19.3 Å². The summed E-state index contributed by atoms with van der Waals surface area (Å²) in [6.45, 7) is 4.34. The second kappa shape index (κ2) is 4.50. The SMILES string of the molecule is CC1(C)CCCC1Nc1c(N)cc(N)c(Cl)c1F. The zero-order valence-corrected chi connectivity index (χ0v) is 11.4. The van der Waals surface area contributed by atoms with Crippen molar-refractivity contribution in [2.45, 2.75) is 39.2 Å². The summed E-state index contributed by atoms with van der Waals surface area (Å²) in [5, 5.41) is 3.13. The second-order valence-electron chi connectivity index (χ2n) is 5.64. The average molecular weight is 272 g/mol. The lowest BCUT2D eigenvalue weighted by Gasteiger charge is -2.29. The van der Waals surface area contributed by atoms with Crippen molar-refractivity contribution in [3.63, 3.8) is 0 Å². The monoisotopic (exact) mass is 271 g/mol. The molecule has 0 bridgehead atoms. The van der Waals surface area contributed by atoms with Crippen LogP contribution in [0.5, 0.6) is 0 Å². The first-order valence-corrected chi connectivity index (χ1v) is 6.50. The first-order valence-electron chi connectivity index (χ1n) is 6.12. The molecular weight excluding hydrogens is 253 g/mol. The zero-order chi connectivity index (χ0) is 13.5. The van der Waals surface area contributed by atoms with Crippen LogP contribution in [0, 0.1) is 11.2 Å². The summed E-state index contributed by atoms with van der Waals surface area (Å²) in [6.07, 6.45) is 3.26. The molecule has 1 aliphatic rings. The van der Waals surface area contributed by atoms with E-state index in [1.165, 1.54) is 6.07 Å². The van der Waals surface area contributed by atoms with E-state index in [-0.39, 0.29) is 27.9 Å². The van der Waals surface area contributed by atoms with Gasteiger partial charge >= 0.3 is 0 Å². The first-order chi connectivity index (χ1) is 8.33. The van der Waals surface area contributed by atoms with Gasteiger partial charge in [0.15, 0.2) is 5.82 Å². The number of hydrogen-bond donors (Lipinski definition) is 3. The van der Waals surface area contributed by atoms with Gasteiger partial charge in [-0.2, -0.15) is 0 Å². The van der Waals surface area contributed by atoms with E-state index in [4.69, 9.17) is 23.1 Å². The Balaban J connectivity index is 2.32. The normalized spacial score (nSPS) is 22.1. The molecule has 2 rings (SSSR count). The number of rotatable bonds is 2. The molecule has 1 aromatic carbocycles. The largest absolute Gasteiger partial charge is 0.397 e. The highest BCUT2D eigenvalue weighted by Crippen LogP contribution is 2.41. The summed E-state index contributed by atoms with van der Waals surface area (Å²) in [5.74, 6) is -0.558. The minimum absolute atomic E-state index is 0.0671. The van der Waals surface area contributed by atoms with Crippen LogP contribution in [0.2, 0.25) is 5.02 Å². The van der Waals surface area contributed by atoms with E-state index in [0.29, 0.717) is 5.69 Å². The number of halogens is 2. The van der Waals surface area contributed by atoms with Crippen LogP contribution in [0.3, 0.4) is 0 Å². The smallest absolute Gasteiger partial charge is 0.169 e. The third-order valence-corrected chi connectivity index (χ3v) is 4.23. The van der Waals surface area contributed by atoms with Crippen LogP contribution in [0.15, 0.2) is 6.07 Å². The lowest BCUT2D eigenvalue weighted by Crippen LogP contribution is -2.31. The van der Waals surface area contributed by atoms with Crippen molar-refractivity contribution in [2.75, 3.05) is 16.8 Å². The number of nitrogens with two attached hydrogens (primary N) is 2. The van der Waals surface area contributed by atoms with Crippen molar-refractivity contribution in [1.82, 2.24) is 0 Å². The van der Waals surface area contributed by atoms with Crippen LogP contribution in [0.25, 0.3) is 0 Å². The van der Waals surface area contributed by atoms with Gasteiger partial charge in [0.2, 0.25) is 0 Å². The van der Waals surface area contributed by atoms with Crippen molar-refractivity contribution < 1.29 is 4.39 Å². The Morgan fingerprint density at radius 3 is 2.61 bits per heavy atom. The average Bonchev–Trinajstić information content (AvgIpc) is 2.61. The molecule has 0 saturated heterocycles. The van der Waals surface area contributed by atoms with E-state index in [9.17, 15) is 4.39 Å². The highest BCUT2D eigenvalue weighted by molar-refractivity contribution is 6.33. The van der Waals surface area contributed by atoms with Crippen LogP contribution in [0.1, 0.15) is 33.1 Å². The van der Waals surface area contributed by atoms with Gasteiger partial charge in [0, 0.05) is 6.04 Å². The van der Waals surface area contributed by atoms with Gasteiger partial charge in [-0.3, -0.25) is 0 Å². The topological polar surface area (TPSA) is 64.1 Å². The molecule has 0 amide bonds. The summed E-state index contributed by atoms with van der Waals surface area (Å²) in [4.78, 5) is 0. The van der Waals surface area contributed by atoms with Crippen molar-refractivity contribution in [3.05, 3.63) is 16.9 Å². The van der Waals surface area contributed by atoms with E-state index >= 15 is 0 Å².